The van der Waals surface area contributed by atoms with E-state index >= 15 is 0 Å². The Balaban J connectivity index is 1.57. The lowest BCUT2D eigenvalue weighted by atomic mass is 10.1. The largest absolute Gasteiger partial charge is 0.494 e. The van der Waals surface area contributed by atoms with Gasteiger partial charge in [0.15, 0.2) is 5.82 Å². The number of carboxylic acid groups (broad SMARTS) is 1. The first-order valence-corrected chi connectivity index (χ1v) is 13.2. The molecule has 0 aliphatic heterocycles. The molecule has 2 aromatic carbocycles. The number of nitrogens with zero attached hydrogens (tertiary/aromatic N) is 5. The molecule has 42 heavy (non-hydrogen) atoms. The van der Waals surface area contributed by atoms with Gasteiger partial charge >= 0.3 is 5.97 Å². The van der Waals surface area contributed by atoms with Gasteiger partial charge in [-0.3, -0.25) is 9.67 Å². The van der Waals surface area contributed by atoms with Crippen molar-refractivity contribution in [3.63, 3.8) is 0 Å². The Hall–Kier alpha value is -4.97. The quantitative estimate of drug-likeness (QED) is 0.182. The van der Waals surface area contributed by atoms with Gasteiger partial charge < -0.3 is 19.9 Å². The van der Waals surface area contributed by atoms with Crippen molar-refractivity contribution >= 4 is 28.4 Å². The van der Waals surface area contributed by atoms with E-state index in [-0.39, 0.29) is 35.9 Å². The Morgan fingerprint density at radius 1 is 1.12 bits per heavy atom. The molecule has 216 valence electrons. The number of hydrogen-bond acceptors (Lipinski definition) is 8. The summed E-state index contributed by atoms with van der Waals surface area (Å²) >= 11 is 0. The van der Waals surface area contributed by atoms with Gasteiger partial charge in [0, 0.05) is 61.0 Å². The number of rotatable bonds is 12. The van der Waals surface area contributed by atoms with Gasteiger partial charge in [-0.25, -0.2) is 23.5 Å². The fourth-order valence-electron chi connectivity index (χ4n) is 4.56. The third kappa shape index (κ3) is 6.03. The van der Waals surface area contributed by atoms with Gasteiger partial charge in [0.05, 0.1) is 24.4 Å². The molecule has 0 atom stereocenters. The fraction of sp³-hybridized carbons (Fsp3) is 0.233. The van der Waals surface area contributed by atoms with Crippen LogP contribution < -0.4 is 10.1 Å². The van der Waals surface area contributed by atoms with Crippen molar-refractivity contribution in [2.75, 3.05) is 25.6 Å². The second kappa shape index (κ2) is 12.7. The third-order valence-electron chi connectivity index (χ3n) is 6.57. The van der Waals surface area contributed by atoms with Crippen LogP contribution in [0, 0.1) is 11.6 Å². The number of nitrogens with one attached hydrogen (secondary N) is 1. The molecule has 5 rings (SSSR count). The lowest BCUT2D eigenvalue weighted by Crippen LogP contribution is -2.09. The van der Waals surface area contributed by atoms with E-state index < -0.39 is 17.6 Å². The summed E-state index contributed by atoms with van der Waals surface area (Å²) < 4.78 is 41.8. The van der Waals surface area contributed by atoms with E-state index in [1.165, 1.54) is 17.1 Å². The predicted molar refractivity (Wildman–Crippen MR) is 152 cm³/mol. The lowest BCUT2D eigenvalue weighted by Gasteiger charge is -2.13. The number of para-hydroxylation sites is 1. The van der Waals surface area contributed by atoms with Crippen LogP contribution in [-0.4, -0.2) is 56.1 Å². The Kier molecular flexibility index (Phi) is 8.63. The molecule has 0 unspecified atom stereocenters. The van der Waals surface area contributed by atoms with E-state index in [4.69, 9.17) is 14.5 Å². The molecule has 0 spiro atoms. The highest BCUT2D eigenvalue weighted by molar-refractivity contribution is 5.95. The zero-order valence-corrected chi connectivity index (χ0v) is 23.0. The Morgan fingerprint density at radius 2 is 1.90 bits per heavy atom. The van der Waals surface area contributed by atoms with Crippen LogP contribution in [-0.2, 0) is 17.7 Å². The first kappa shape index (κ1) is 28.6. The van der Waals surface area contributed by atoms with Crippen LogP contribution in [0.2, 0.25) is 0 Å². The standard InChI is InChI=1S/C30H28F2N6O4/c1-3-42-19-13-23(31)22(24(32)14-19)17-38-26-9-5-4-8-20(26)27(37-38)29-34-15-18(7-6-12-41-2)28(36-29)35-25-10-11-33-16-21(25)30(39)40/h4-5,8-11,13-16H,3,6-7,12,17H2,1-2H3,(H,39,40)(H,33,34,35,36). The summed E-state index contributed by atoms with van der Waals surface area (Å²) in [6.07, 6.45) is 5.64. The Labute approximate surface area is 240 Å². The van der Waals surface area contributed by atoms with Crippen molar-refractivity contribution in [1.29, 1.82) is 0 Å². The SMILES string of the molecule is CCOc1cc(F)c(Cn2nc(-c3ncc(CCCOC)c(Nc4ccncc4C(=O)O)n3)c3ccccc32)c(F)c1. The topological polar surface area (TPSA) is 124 Å². The molecule has 0 bridgehead atoms. The molecule has 0 aliphatic rings. The molecular weight excluding hydrogens is 546 g/mol. The summed E-state index contributed by atoms with van der Waals surface area (Å²) in [6.45, 7) is 2.36. The van der Waals surface area contributed by atoms with Gasteiger partial charge in [-0.2, -0.15) is 5.10 Å². The second-order valence-corrected chi connectivity index (χ2v) is 9.34. The second-order valence-electron chi connectivity index (χ2n) is 9.34. The van der Waals surface area contributed by atoms with Crippen LogP contribution in [0.4, 0.5) is 20.3 Å². The molecule has 0 saturated heterocycles. The van der Waals surface area contributed by atoms with Crippen LogP contribution in [0.5, 0.6) is 5.75 Å². The van der Waals surface area contributed by atoms with E-state index in [1.807, 2.05) is 12.1 Å². The monoisotopic (exact) mass is 574 g/mol. The number of hydrogen-bond donors (Lipinski definition) is 2. The van der Waals surface area contributed by atoms with E-state index in [9.17, 15) is 18.7 Å². The van der Waals surface area contributed by atoms with E-state index in [2.05, 4.69) is 20.4 Å². The molecule has 0 fully saturated rings. The van der Waals surface area contributed by atoms with Gasteiger partial charge in [-0.1, -0.05) is 18.2 Å². The fourth-order valence-corrected chi connectivity index (χ4v) is 4.56. The highest BCUT2D eigenvalue weighted by Crippen LogP contribution is 2.30. The van der Waals surface area contributed by atoms with Crippen molar-refractivity contribution in [3.8, 4) is 17.3 Å². The van der Waals surface area contributed by atoms with Crippen LogP contribution in [0.25, 0.3) is 22.4 Å². The summed E-state index contributed by atoms with van der Waals surface area (Å²) in [5.41, 5.74) is 1.91. The van der Waals surface area contributed by atoms with Crippen molar-refractivity contribution in [1.82, 2.24) is 24.7 Å². The molecule has 12 heteroatoms. The number of carbonyl (C=O) groups is 1. The number of benzene rings is 2. The highest BCUT2D eigenvalue weighted by atomic mass is 19.1. The Morgan fingerprint density at radius 3 is 2.64 bits per heavy atom. The van der Waals surface area contributed by atoms with Crippen LogP contribution in [0.3, 0.4) is 0 Å². The van der Waals surface area contributed by atoms with Gasteiger partial charge in [-0.15, -0.1) is 0 Å². The molecule has 0 saturated carbocycles. The normalized spacial score (nSPS) is 11.1. The smallest absolute Gasteiger partial charge is 0.339 e. The Bertz CT molecular complexity index is 1720. The molecular formula is C30H28F2N6O4. The number of ether oxygens (including phenoxy) is 2. The number of aromatic nitrogens is 5. The molecule has 5 aromatic rings. The van der Waals surface area contributed by atoms with Crippen molar-refractivity contribution in [3.05, 3.63) is 89.4 Å². The maximum Gasteiger partial charge on any atom is 0.339 e. The molecule has 10 nitrogen and oxygen atoms in total. The van der Waals surface area contributed by atoms with Crippen LogP contribution >= 0.6 is 0 Å². The third-order valence-corrected chi connectivity index (χ3v) is 6.57. The molecule has 0 amide bonds. The van der Waals surface area contributed by atoms with Crippen molar-refractivity contribution < 1.29 is 28.2 Å². The maximum absolute atomic E-state index is 14.9. The number of methoxy groups -OCH3 is 1. The predicted octanol–water partition coefficient (Wildman–Crippen LogP) is 5.63. The van der Waals surface area contributed by atoms with Gasteiger partial charge in [0.2, 0.25) is 0 Å². The van der Waals surface area contributed by atoms with Gasteiger partial charge in [0.1, 0.15) is 34.5 Å². The lowest BCUT2D eigenvalue weighted by molar-refractivity contribution is 0.0697. The molecule has 2 N–H and O–H groups in total. The van der Waals surface area contributed by atoms with E-state index in [1.54, 1.807) is 38.4 Å². The number of halogens is 2. The minimum atomic E-state index is -1.14. The average Bonchev–Trinajstić information content (AvgIpc) is 3.34. The van der Waals surface area contributed by atoms with E-state index in [0.29, 0.717) is 47.6 Å². The first-order valence-electron chi connectivity index (χ1n) is 13.2. The number of anilines is 2. The summed E-state index contributed by atoms with van der Waals surface area (Å²) in [6, 6.07) is 11.1. The molecule has 3 heterocycles. The van der Waals surface area contributed by atoms with Crippen molar-refractivity contribution in [2.45, 2.75) is 26.3 Å². The minimum absolute atomic E-state index is 0.0189. The maximum atomic E-state index is 14.9. The zero-order chi connectivity index (χ0) is 29.6. The minimum Gasteiger partial charge on any atom is -0.494 e. The van der Waals surface area contributed by atoms with Crippen LogP contribution in [0.1, 0.15) is 34.8 Å². The summed E-state index contributed by atoms with van der Waals surface area (Å²) in [4.78, 5) is 25.0. The van der Waals surface area contributed by atoms with Gasteiger partial charge in [-0.05, 0) is 31.9 Å². The molecule has 3 aromatic heterocycles. The van der Waals surface area contributed by atoms with Gasteiger partial charge in [0.25, 0.3) is 0 Å². The van der Waals surface area contributed by atoms with E-state index in [0.717, 1.165) is 17.7 Å². The molecule has 0 aliphatic carbocycles. The first-order chi connectivity index (χ1) is 20.4. The number of pyridine rings is 1. The van der Waals surface area contributed by atoms with Crippen molar-refractivity contribution in [2.24, 2.45) is 0 Å². The average molecular weight is 575 g/mol. The summed E-state index contributed by atoms with van der Waals surface area (Å²) in [7, 11) is 1.61. The zero-order valence-electron chi connectivity index (χ0n) is 23.0. The number of aryl methyl sites for hydroxylation is 1. The summed E-state index contributed by atoms with van der Waals surface area (Å²) in [5.74, 6) is -1.86. The number of fused-ring (bicyclic) bond motifs is 1. The molecule has 0 radical (unpaired) electrons. The highest BCUT2D eigenvalue weighted by Gasteiger charge is 2.20. The number of carboxylic acids is 1. The van der Waals surface area contributed by atoms with Crippen LogP contribution in [0.15, 0.2) is 61.1 Å². The number of aromatic carboxylic acids is 1. The summed E-state index contributed by atoms with van der Waals surface area (Å²) in [5, 5.41) is 18.1.